The summed E-state index contributed by atoms with van der Waals surface area (Å²) in [5.41, 5.74) is 6.09. The van der Waals surface area contributed by atoms with Gasteiger partial charge in [-0.15, -0.1) is 12.4 Å². The number of hydrogen-bond donors (Lipinski definition) is 3. The van der Waals surface area contributed by atoms with Gasteiger partial charge in [-0.05, 0) is 28.4 Å². The molecule has 0 aliphatic rings. The molecule has 0 fully saturated rings. The lowest BCUT2D eigenvalue weighted by atomic mass is 10.0. The number of phenols is 1. The first-order valence-electron chi connectivity index (χ1n) is 4.11. The highest BCUT2D eigenvalue weighted by molar-refractivity contribution is 9.10. The van der Waals surface area contributed by atoms with Crippen LogP contribution in [0.1, 0.15) is 18.0 Å². The molecule has 3 nitrogen and oxygen atoms in total. The molecule has 6 heteroatoms. The van der Waals surface area contributed by atoms with Crippen molar-refractivity contribution in [1.82, 2.24) is 0 Å². The van der Waals surface area contributed by atoms with Crippen molar-refractivity contribution in [3.05, 3.63) is 28.0 Å². The predicted molar refractivity (Wildman–Crippen MR) is 61.6 cm³/mol. The second kappa shape index (κ2) is 6.27. The Morgan fingerprint density at radius 1 is 1.47 bits per heavy atom. The van der Waals surface area contributed by atoms with E-state index in [1.54, 1.807) is 0 Å². The molecule has 0 aromatic heterocycles. The zero-order valence-corrected chi connectivity index (χ0v) is 10.2. The summed E-state index contributed by atoms with van der Waals surface area (Å²) in [5.74, 6) is -0.742. The molecule has 0 heterocycles. The van der Waals surface area contributed by atoms with E-state index in [2.05, 4.69) is 15.9 Å². The molecule has 0 amide bonds. The van der Waals surface area contributed by atoms with Crippen LogP contribution >= 0.6 is 28.3 Å². The van der Waals surface area contributed by atoms with Gasteiger partial charge in [-0.25, -0.2) is 4.39 Å². The number of aliphatic hydroxyl groups excluding tert-OH is 1. The van der Waals surface area contributed by atoms with Gasteiger partial charge >= 0.3 is 0 Å². The zero-order chi connectivity index (χ0) is 10.7. The van der Waals surface area contributed by atoms with Gasteiger partial charge in [0.25, 0.3) is 0 Å². The number of hydrogen-bond acceptors (Lipinski definition) is 3. The molecule has 0 aliphatic heterocycles. The van der Waals surface area contributed by atoms with Crippen LogP contribution in [0.2, 0.25) is 0 Å². The maximum atomic E-state index is 12.9. The minimum atomic E-state index is -0.539. The Bertz CT molecular complexity index is 338. The van der Waals surface area contributed by atoms with E-state index < -0.39 is 11.9 Å². The molecule has 1 aromatic rings. The van der Waals surface area contributed by atoms with Crippen LogP contribution in [0.4, 0.5) is 4.39 Å². The number of aliphatic hydroxyl groups is 1. The van der Waals surface area contributed by atoms with Crippen molar-refractivity contribution in [2.75, 3.05) is 6.61 Å². The van der Waals surface area contributed by atoms with Gasteiger partial charge in [-0.1, -0.05) is 6.07 Å². The van der Waals surface area contributed by atoms with Crippen LogP contribution in [0.25, 0.3) is 0 Å². The average molecular weight is 301 g/mol. The number of benzene rings is 1. The summed E-state index contributed by atoms with van der Waals surface area (Å²) < 4.78 is 12.9. The Hall–Kier alpha value is -0.360. The molecule has 86 valence electrons. The molecule has 1 rings (SSSR count). The molecule has 4 N–H and O–H groups in total. The predicted octanol–water partition coefficient (Wildman–Crippen LogP) is 2.10. The molecule has 0 saturated heterocycles. The largest absolute Gasteiger partial charge is 0.506 e. The van der Waals surface area contributed by atoms with Crippen LogP contribution in [0.5, 0.6) is 5.75 Å². The van der Waals surface area contributed by atoms with E-state index in [0.717, 1.165) is 0 Å². The van der Waals surface area contributed by atoms with Crippen LogP contribution in [-0.2, 0) is 0 Å². The van der Waals surface area contributed by atoms with Gasteiger partial charge < -0.3 is 15.9 Å². The third-order valence-corrected chi connectivity index (χ3v) is 2.69. The van der Waals surface area contributed by atoms with Gasteiger partial charge in [0.1, 0.15) is 11.6 Å². The molecule has 15 heavy (non-hydrogen) atoms. The van der Waals surface area contributed by atoms with Gasteiger partial charge in [0, 0.05) is 18.2 Å². The first-order chi connectivity index (χ1) is 6.57. The monoisotopic (exact) mass is 299 g/mol. The maximum absolute atomic E-state index is 12.9. The Morgan fingerprint density at radius 2 is 2.07 bits per heavy atom. The van der Waals surface area contributed by atoms with Crippen molar-refractivity contribution in [3.63, 3.8) is 0 Å². The Morgan fingerprint density at radius 3 is 2.60 bits per heavy atom. The van der Waals surface area contributed by atoms with Gasteiger partial charge in [0.05, 0.1) is 4.47 Å². The molecule has 0 radical (unpaired) electrons. The van der Waals surface area contributed by atoms with Crippen LogP contribution in [-0.4, -0.2) is 16.8 Å². The van der Waals surface area contributed by atoms with Crippen LogP contribution < -0.4 is 5.73 Å². The lowest BCUT2D eigenvalue weighted by Gasteiger charge is -2.13. The smallest absolute Gasteiger partial charge is 0.141 e. The molecule has 0 saturated carbocycles. The van der Waals surface area contributed by atoms with E-state index in [-0.39, 0.29) is 29.2 Å². The summed E-state index contributed by atoms with van der Waals surface area (Å²) in [6, 6.07) is 2.14. The minimum absolute atomic E-state index is 0. The normalized spacial score (nSPS) is 12.0. The van der Waals surface area contributed by atoms with Crippen LogP contribution in [0.15, 0.2) is 16.6 Å². The first-order valence-corrected chi connectivity index (χ1v) is 4.90. The lowest BCUT2D eigenvalue weighted by Crippen LogP contribution is -2.12. The second-order valence-corrected chi connectivity index (χ2v) is 3.71. The quantitative estimate of drug-likeness (QED) is 0.801. The van der Waals surface area contributed by atoms with Gasteiger partial charge in [0.2, 0.25) is 0 Å². The molecule has 1 atom stereocenters. The van der Waals surface area contributed by atoms with E-state index in [1.165, 1.54) is 12.1 Å². The SMILES string of the molecule is Cl.N[C@@H](CCO)c1ccc(F)c(Br)c1O. The van der Waals surface area contributed by atoms with E-state index >= 15 is 0 Å². The number of phenolic OH excluding ortho intramolecular Hbond substituents is 1. The van der Waals surface area contributed by atoms with Gasteiger partial charge in [-0.3, -0.25) is 0 Å². The number of halogens is 3. The van der Waals surface area contributed by atoms with Crippen molar-refractivity contribution in [3.8, 4) is 5.75 Å². The summed E-state index contributed by atoms with van der Waals surface area (Å²) in [7, 11) is 0. The van der Waals surface area contributed by atoms with Crippen LogP contribution in [0.3, 0.4) is 0 Å². The highest BCUT2D eigenvalue weighted by atomic mass is 79.9. The van der Waals surface area contributed by atoms with Crippen molar-refractivity contribution < 1.29 is 14.6 Å². The fourth-order valence-electron chi connectivity index (χ4n) is 1.15. The highest BCUT2D eigenvalue weighted by Crippen LogP contribution is 2.33. The molecular weight excluding hydrogens is 288 g/mol. The molecule has 1 aromatic carbocycles. The van der Waals surface area contributed by atoms with E-state index in [9.17, 15) is 9.50 Å². The molecule has 0 aliphatic carbocycles. The summed E-state index contributed by atoms with van der Waals surface area (Å²) in [6.07, 6.45) is 0.325. The number of nitrogens with two attached hydrogens (primary N) is 1. The van der Waals surface area contributed by atoms with Crippen molar-refractivity contribution >= 4 is 28.3 Å². The number of aromatic hydroxyl groups is 1. The minimum Gasteiger partial charge on any atom is -0.506 e. The third kappa shape index (κ3) is 3.31. The topological polar surface area (TPSA) is 66.5 Å². The third-order valence-electron chi connectivity index (χ3n) is 1.94. The Kier molecular flexibility index (Phi) is 6.12. The van der Waals surface area contributed by atoms with Crippen molar-refractivity contribution in [1.29, 1.82) is 0 Å². The second-order valence-electron chi connectivity index (χ2n) is 2.92. The molecule has 0 unspecified atom stereocenters. The van der Waals surface area contributed by atoms with Gasteiger partial charge in [-0.2, -0.15) is 0 Å². The fourth-order valence-corrected chi connectivity index (χ4v) is 1.51. The summed E-state index contributed by atoms with van der Waals surface area (Å²) in [5, 5.41) is 18.2. The van der Waals surface area contributed by atoms with Crippen molar-refractivity contribution in [2.45, 2.75) is 12.5 Å². The maximum Gasteiger partial charge on any atom is 0.141 e. The molecular formula is C9H12BrClFNO2. The Balaban J connectivity index is 0.00000196. The first kappa shape index (κ1) is 14.6. The summed E-state index contributed by atoms with van der Waals surface area (Å²) in [4.78, 5) is 0. The summed E-state index contributed by atoms with van der Waals surface area (Å²) in [6.45, 7) is -0.0738. The summed E-state index contributed by atoms with van der Waals surface area (Å²) >= 11 is 2.91. The van der Waals surface area contributed by atoms with E-state index in [1.807, 2.05) is 0 Å². The van der Waals surface area contributed by atoms with Crippen molar-refractivity contribution in [2.24, 2.45) is 5.73 Å². The molecule has 0 bridgehead atoms. The Labute approximate surface area is 102 Å². The zero-order valence-electron chi connectivity index (χ0n) is 7.78. The average Bonchev–Trinajstić information content (AvgIpc) is 2.15. The van der Waals surface area contributed by atoms with E-state index in [0.29, 0.717) is 12.0 Å². The van der Waals surface area contributed by atoms with Gasteiger partial charge in [0.15, 0.2) is 0 Å². The fraction of sp³-hybridized carbons (Fsp3) is 0.333. The van der Waals surface area contributed by atoms with Crippen LogP contribution in [0, 0.1) is 5.82 Å². The standard InChI is InChI=1S/C9H11BrFNO2.ClH/c10-8-6(11)2-1-5(9(8)14)7(12)3-4-13;/h1-2,7,13-14H,3-4,12H2;1H/t7-;/m0./s1. The highest BCUT2D eigenvalue weighted by Gasteiger charge is 2.15. The number of rotatable bonds is 3. The lowest BCUT2D eigenvalue weighted by molar-refractivity contribution is 0.275. The molecule has 0 spiro atoms. The van der Waals surface area contributed by atoms with E-state index in [4.69, 9.17) is 10.8 Å².